The number of rotatable bonds is 3. The lowest BCUT2D eigenvalue weighted by Gasteiger charge is -2.30. The predicted octanol–water partition coefficient (Wildman–Crippen LogP) is 2.24. The Balaban J connectivity index is 1.46. The number of aryl methyl sites for hydroxylation is 1. The highest BCUT2D eigenvalue weighted by molar-refractivity contribution is 7.10. The summed E-state index contributed by atoms with van der Waals surface area (Å²) in [7, 11) is 0. The van der Waals surface area contributed by atoms with Gasteiger partial charge in [-0.2, -0.15) is 0 Å². The minimum atomic E-state index is 0.772. The fourth-order valence-corrected chi connectivity index (χ4v) is 4.13. The Morgan fingerprint density at radius 3 is 2.91 bits per heavy atom. The van der Waals surface area contributed by atoms with Gasteiger partial charge in [0.1, 0.15) is 0 Å². The summed E-state index contributed by atoms with van der Waals surface area (Å²) in [4.78, 5) is 15.6. The SMILES string of the molecule is Cc1ccsc1CN1CCc2nc(N3CCOCC3)ncc2C1. The molecule has 23 heavy (non-hydrogen) atoms. The zero-order valence-electron chi connectivity index (χ0n) is 13.5. The van der Waals surface area contributed by atoms with Gasteiger partial charge in [-0.3, -0.25) is 4.90 Å². The first-order chi connectivity index (χ1) is 11.3. The Labute approximate surface area is 140 Å². The predicted molar refractivity (Wildman–Crippen MR) is 91.9 cm³/mol. The first-order valence-electron chi connectivity index (χ1n) is 8.22. The number of thiophene rings is 1. The number of ether oxygens (including phenoxy) is 1. The number of aromatic nitrogens is 2. The topological polar surface area (TPSA) is 41.5 Å². The molecule has 2 aliphatic rings. The third-order valence-electron chi connectivity index (χ3n) is 4.63. The third-order valence-corrected chi connectivity index (χ3v) is 5.64. The molecule has 2 aliphatic heterocycles. The maximum Gasteiger partial charge on any atom is 0.225 e. The van der Waals surface area contributed by atoms with Gasteiger partial charge in [0, 0.05) is 55.8 Å². The third kappa shape index (κ3) is 3.24. The van der Waals surface area contributed by atoms with Crippen LogP contribution < -0.4 is 4.90 Å². The molecule has 4 rings (SSSR count). The van der Waals surface area contributed by atoms with E-state index in [-0.39, 0.29) is 0 Å². The van der Waals surface area contributed by atoms with Crippen molar-refractivity contribution >= 4 is 17.3 Å². The highest BCUT2D eigenvalue weighted by atomic mass is 32.1. The molecule has 2 aromatic rings. The minimum Gasteiger partial charge on any atom is -0.378 e. The molecule has 0 bridgehead atoms. The summed E-state index contributed by atoms with van der Waals surface area (Å²) in [6.07, 6.45) is 3.04. The van der Waals surface area contributed by atoms with Crippen LogP contribution in [0.25, 0.3) is 0 Å². The number of hydrogen-bond acceptors (Lipinski definition) is 6. The lowest BCUT2D eigenvalue weighted by molar-refractivity contribution is 0.122. The summed E-state index contributed by atoms with van der Waals surface area (Å²) >= 11 is 1.85. The van der Waals surface area contributed by atoms with E-state index in [1.54, 1.807) is 0 Å². The van der Waals surface area contributed by atoms with E-state index in [1.165, 1.54) is 21.7 Å². The maximum absolute atomic E-state index is 5.40. The molecular formula is C17H22N4OS. The molecule has 2 aromatic heterocycles. The van der Waals surface area contributed by atoms with Gasteiger partial charge in [0.25, 0.3) is 0 Å². The highest BCUT2D eigenvalue weighted by Gasteiger charge is 2.21. The second-order valence-corrected chi connectivity index (χ2v) is 7.23. The second kappa shape index (κ2) is 6.55. The summed E-state index contributed by atoms with van der Waals surface area (Å²) in [6, 6.07) is 2.20. The quantitative estimate of drug-likeness (QED) is 0.863. The average Bonchev–Trinajstić information content (AvgIpc) is 3.00. The Hall–Kier alpha value is -1.50. The van der Waals surface area contributed by atoms with Crippen LogP contribution in [0.4, 0.5) is 5.95 Å². The number of anilines is 1. The lowest BCUT2D eigenvalue weighted by atomic mass is 10.1. The molecule has 0 saturated carbocycles. The Kier molecular flexibility index (Phi) is 4.29. The highest BCUT2D eigenvalue weighted by Crippen LogP contribution is 2.24. The Bertz CT molecular complexity index is 681. The number of fused-ring (bicyclic) bond motifs is 1. The van der Waals surface area contributed by atoms with E-state index in [4.69, 9.17) is 9.72 Å². The van der Waals surface area contributed by atoms with E-state index in [0.29, 0.717) is 0 Å². The minimum absolute atomic E-state index is 0.772. The molecule has 0 unspecified atom stereocenters. The van der Waals surface area contributed by atoms with Crippen LogP contribution in [0.5, 0.6) is 0 Å². The Morgan fingerprint density at radius 1 is 1.26 bits per heavy atom. The number of hydrogen-bond donors (Lipinski definition) is 0. The first-order valence-corrected chi connectivity index (χ1v) is 9.10. The van der Waals surface area contributed by atoms with Gasteiger partial charge >= 0.3 is 0 Å². The molecular weight excluding hydrogens is 308 g/mol. The van der Waals surface area contributed by atoms with E-state index in [1.807, 2.05) is 17.5 Å². The molecule has 0 aromatic carbocycles. The smallest absolute Gasteiger partial charge is 0.225 e. The summed E-state index contributed by atoms with van der Waals surface area (Å²) < 4.78 is 5.40. The van der Waals surface area contributed by atoms with Gasteiger partial charge in [-0.05, 0) is 23.9 Å². The fourth-order valence-electron chi connectivity index (χ4n) is 3.18. The average molecular weight is 330 g/mol. The van der Waals surface area contributed by atoms with Crippen molar-refractivity contribution in [2.24, 2.45) is 0 Å². The van der Waals surface area contributed by atoms with Crippen molar-refractivity contribution in [1.29, 1.82) is 0 Å². The second-order valence-electron chi connectivity index (χ2n) is 6.23. The van der Waals surface area contributed by atoms with Gasteiger partial charge < -0.3 is 9.64 Å². The van der Waals surface area contributed by atoms with E-state index in [9.17, 15) is 0 Å². The van der Waals surface area contributed by atoms with Crippen LogP contribution >= 0.6 is 11.3 Å². The van der Waals surface area contributed by atoms with Gasteiger partial charge in [-0.15, -0.1) is 11.3 Å². The molecule has 0 aliphatic carbocycles. The van der Waals surface area contributed by atoms with Gasteiger partial charge in [-0.1, -0.05) is 0 Å². The zero-order valence-corrected chi connectivity index (χ0v) is 14.3. The van der Waals surface area contributed by atoms with Gasteiger partial charge in [0.2, 0.25) is 5.95 Å². The van der Waals surface area contributed by atoms with Crippen molar-refractivity contribution < 1.29 is 4.74 Å². The number of nitrogens with zero attached hydrogens (tertiary/aromatic N) is 4. The fraction of sp³-hybridized carbons (Fsp3) is 0.529. The van der Waals surface area contributed by atoms with Gasteiger partial charge in [0.15, 0.2) is 0 Å². The molecule has 5 nitrogen and oxygen atoms in total. The molecule has 0 amide bonds. The molecule has 6 heteroatoms. The molecule has 0 atom stereocenters. The van der Waals surface area contributed by atoms with Crippen LogP contribution in [-0.4, -0.2) is 47.7 Å². The molecule has 4 heterocycles. The normalized spacial score (nSPS) is 18.9. The molecule has 0 N–H and O–H groups in total. The maximum atomic E-state index is 5.40. The largest absolute Gasteiger partial charge is 0.378 e. The van der Waals surface area contributed by atoms with Gasteiger partial charge in [0.05, 0.1) is 18.9 Å². The van der Waals surface area contributed by atoms with Crippen molar-refractivity contribution in [2.45, 2.75) is 26.4 Å². The van der Waals surface area contributed by atoms with E-state index >= 15 is 0 Å². The number of morpholine rings is 1. The van der Waals surface area contributed by atoms with Crippen molar-refractivity contribution in [3.05, 3.63) is 39.3 Å². The summed E-state index contributed by atoms with van der Waals surface area (Å²) in [6.45, 7) is 8.59. The van der Waals surface area contributed by atoms with Crippen molar-refractivity contribution in [2.75, 3.05) is 37.7 Å². The van der Waals surface area contributed by atoms with E-state index in [2.05, 4.69) is 33.2 Å². The zero-order chi connectivity index (χ0) is 15.6. The molecule has 0 spiro atoms. The summed E-state index contributed by atoms with van der Waals surface area (Å²) in [5, 5.41) is 2.18. The van der Waals surface area contributed by atoms with Crippen LogP contribution in [0, 0.1) is 6.92 Å². The van der Waals surface area contributed by atoms with Crippen LogP contribution in [0.1, 0.15) is 21.7 Å². The van der Waals surface area contributed by atoms with Crippen LogP contribution in [0.3, 0.4) is 0 Å². The molecule has 0 radical (unpaired) electrons. The van der Waals surface area contributed by atoms with Crippen LogP contribution in [0.2, 0.25) is 0 Å². The van der Waals surface area contributed by atoms with Crippen LogP contribution in [-0.2, 0) is 24.2 Å². The lowest BCUT2D eigenvalue weighted by Crippen LogP contribution is -2.38. The van der Waals surface area contributed by atoms with Crippen LogP contribution in [0.15, 0.2) is 17.6 Å². The van der Waals surface area contributed by atoms with Crippen molar-refractivity contribution in [3.8, 4) is 0 Å². The van der Waals surface area contributed by atoms with Gasteiger partial charge in [-0.25, -0.2) is 9.97 Å². The van der Waals surface area contributed by atoms with Crippen molar-refractivity contribution in [1.82, 2.24) is 14.9 Å². The molecule has 122 valence electrons. The summed E-state index contributed by atoms with van der Waals surface area (Å²) in [5.74, 6) is 0.870. The monoisotopic (exact) mass is 330 g/mol. The Morgan fingerprint density at radius 2 is 2.13 bits per heavy atom. The van der Waals surface area contributed by atoms with E-state index in [0.717, 1.165) is 58.3 Å². The molecule has 1 saturated heterocycles. The van der Waals surface area contributed by atoms with Crippen molar-refractivity contribution in [3.63, 3.8) is 0 Å². The first kappa shape index (κ1) is 15.1. The standard InChI is InChI=1S/C17H22N4OS/c1-13-3-9-23-16(13)12-20-4-2-15-14(11-20)10-18-17(19-15)21-5-7-22-8-6-21/h3,9-10H,2,4-8,11-12H2,1H3. The molecule has 1 fully saturated rings. The van der Waals surface area contributed by atoms with E-state index < -0.39 is 0 Å². The summed E-state index contributed by atoms with van der Waals surface area (Å²) in [5.41, 5.74) is 3.91.